The molecular weight excluding hydrogens is 345 g/mol. The van der Waals surface area contributed by atoms with Crippen molar-refractivity contribution >= 4 is 34.0 Å². The van der Waals surface area contributed by atoms with Crippen molar-refractivity contribution in [2.24, 2.45) is 11.7 Å². The topological polar surface area (TPSA) is 101 Å². The van der Waals surface area contributed by atoms with Crippen LogP contribution in [0.1, 0.15) is 26.2 Å². The molecule has 130 valence electrons. The molecule has 0 aliphatic heterocycles. The van der Waals surface area contributed by atoms with Crippen LogP contribution in [0.2, 0.25) is 0 Å². The number of anilines is 1. The van der Waals surface area contributed by atoms with Crippen LogP contribution >= 0.6 is 12.4 Å². The molecule has 0 spiro atoms. The monoisotopic (exact) mass is 365 g/mol. The van der Waals surface area contributed by atoms with E-state index in [1.807, 2.05) is 0 Å². The Morgan fingerprint density at radius 1 is 1.39 bits per heavy atom. The Morgan fingerprint density at radius 2 is 2.09 bits per heavy atom. The van der Waals surface area contributed by atoms with Gasteiger partial charge in [0.25, 0.3) is 0 Å². The molecule has 0 heterocycles. The summed E-state index contributed by atoms with van der Waals surface area (Å²) < 4.78 is 41.0. The molecule has 2 rings (SSSR count). The zero-order valence-electron chi connectivity index (χ0n) is 12.7. The van der Waals surface area contributed by atoms with Gasteiger partial charge >= 0.3 is 0 Å². The number of sulfonamides is 1. The maximum Gasteiger partial charge on any atom is 0.240 e. The fourth-order valence-electron chi connectivity index (χ4n) is 2.70. The second kappa shape index (κ2) is 8.05. The van der Waals surface area contributed by atoms with Crippen LogP contribution in [0.4, 0.5) is 10.1 Å². The summed E-state index contributed by atoms with van der Waals surface area (Å²) in [5, 5.41) is 2.27. The summed E-state index contributed by atoms with van der Waals surface area (Å²) in [5.74, 6) is -1.04. The van der Waals surface area contributed by atoms with Gasteiger partial charge < -0.3 is 11.1 Å². The van der Waals surface area contributed by atoms with Gasteiger partial charge in [-0.05, 0) is 43.5 Å². The van der Waals surface area contributed by atoms with E-state index < -0.39 is 21.7 Å². The number of amides is 1. The molecule has 1 aliphatic rings. The Kier molecular flexibility index (Phi) is 6.94. The summed E-state index contributed by atoms with van der Waals surface area (Å²) in [4.78, 5) is 10.9. The number of carbonyl (C=O) groups is 1. The minimum Gasteiger partial charge on any atom is -0.330 e. The Labute approximate surface area is 141 Å². The van der Waals surface area contributed by atoms with Crippen molar-refractivity contribution in [3.63, 3.8) is 0 Å². The van der Waals surface area contributed by atoms with Crippen LogP contribution in [-0.2, 0) is 14.8 Å². The average molecular weight is 366 g/mol. The molecule has 6 nitrogen and oxygen atoms in total. The van der Waals surface area contributed by atoms with Crippen LogP contribution in [0.15, 0.2) is 23.1 Å². The third-order valence-corrected chi connectivity index (χ3v) is 5.31. The van der Waals surface area contributed by atoms with Gasteiger partial charge in [-0.2, -0.15) is 0 Å². The molecule has 4 N–H and O–H groups in total. The van der Waals surface area contributed by atoms with Gasteiger partial charge in [-0.3, -0.25) is 4.79 Å². The first kappa shape index (κ1) is 19.8. The first-order valence-corrected chi connectivity index (χ1v) is 8.61. The molecule has 1 fully saturated rings. The first-order valence-electron chi connectivity index (χ1n) is 7.13. The fraction of sp³-hybridized carbons (Fsp3) is 0.500. The number of carbonyl (C=O) groups excluding carboxylic acids is 1. The number of hydrogen-bond donors (Lipinski definition) is 3. The van der Waals surface area contributed by atoms with E-state index in [2.05, 4.69) is 10.0 Å². The van der Waals surface area contributed by atoms with E-state index in [9.17, 15) is 17.6 Å². The maximum atomic E-state index is 13.6. The maximum absolute atomic E-state index is 13.6. The quantitative estimate of drug-likeness (QED) is 0.737. The third-order valence-electron chi connectivity index (χ3n) is 3.83. The Morgan fingerprint density at radius 3 is 2.70 bits per heavy atom. The molecule has 1 aromatic rings. The summed E-state index contributed by atoms with van der Waals surface area (Å²) in [6.45, 7) is 1.65. The van der Waals surface area contributed by atoms with Gasteiger partial charge in [-0.15, -0.1) is 12.4 Å². The highest BCUT2D eigenvalue weighted by atomic mass is 35.5. The van der Waals surface area contributed by atoms with E-state index in [1.54, 1.807) is 0 Å². The number of nitrogens with two attached hydrogens (primary N) is 1. The SMILES string of the molecule is CC(=O)Nc1cc(S(=O)(=O)NC2CCCC2CN)ccc1F.Cl. The lowest BCUT2D eigenvalue weighted by atomic mass is 10.1. The number of hydrogen-bond acceptors (Lipinski definition) is 4. The molecule has 2 unspecified atom stereocenters. The Balaban J connectivity index is 0.00000264. The van der Waals surface area contributed by atoms with Gasteiger partial charge in [-0.25, -0.2) is 17.5 Å². The standard InChI is InChI=1S/C14H20FN3O3S.ClH/c1-9(19)17-14-7-11(5-6-12(14)15)22(20,21)18-13-4-2-3-10(13)8-16;/h5-7,10,13,18H,2-4,8,16H2,1H3,(H,17,19);1H. The van der Waals surface area contributed by atoms with Crippen LogP contribution < -0.4 is 15.8 Å². The zero-order valence-corrected chi connectivity index (χ0v) is 14.3. The van der Waals surface area contributed by atoms with Gasteiger partial charge in [0.2, 0.25) is 15.9 Å². The highest BCUT2D eigenvalue weighted by Crippen LogP contribution is 2.27. The fourth-order valence-corrected chi connectivity index (χ4v) is 4.06. The molecule has 1 amide bonds. The van der Waals surface area contributed by atoms with Gasteiger partial charge in [0.1, 0.15) is 5.82 Å². The van der Waals surface area contributed by atoms with E-state index in [1.165, 1.54) is 13.0 Å². The summed E-state index contributed by atoms with van der Waals surface area (Å²) in [6.07, 6.45) is 2.56. The normalized spacial score (nSPS) is 20.8. The number of halogens is 2. The molecule has 0 bridgehead atoms. The van der Waals surface area contributed by atoms with Crippen molar-refractivity contribution in [3.8, 4) is 0 Å². The predicted octanol–water partition coefficient (Wildman–Crippen LogP) is 1.61. The van der Waals surface area contributed by atoms with Gasteiger partial charge in [-0.1, -0.05) is 6.42 Å². The minimum absolute atomic E-state index is 0. The molecule has 0 saturated heterocycles. The van der Waals surface area contributed by atoms with Crippen LogP contribution in [0.5, 0.6) is 0 Å². The van der Waals surface area contributed by atoms with Gasteiger partial charge in [0.05, 0.1) is 10.6 Å². The summed E-state index contributed by atoms with van der Waals surface area (Å²) in [5.41, 5.74) is 5.49. The largest absolute Gasteiger partial charge is 0.330 e. The lowest BCUT2D eigenvalue weighted by Gasteiger charge is -2.19. The molecular formula is C14H21ClFN3O3S. The van der Waals surface area contributed by atoms with E-state index in [0.717, 1.165) is 31.4 Å². The third kappa shape index (κ3) is 4.87. The molecule has 1 aliphatic carbocycles. The molecule has 1 aromatic carbocycles. The van der Waals surface area contributed by atoms with Crippen molar-refractivity contribution in [1.29, 1.82) is 0 Å². The van der Waals surface area contributed by atoms with Crippen LogP contribution in [0, 0.1) is 11.7 Å². The molecule has 0 aromatic heterocycles. The molecule has 9 heteroatoms. The van der Waals surface area contributed by atoms with Crippen molar-refractivity contribution in [2.45, 2.75) is 37.1 Å². The van der Waals surface area contributed by atoms with Crippen molar-refractivity contribution < 1.29 is 17.6 Å². The van der Waals surface area contributed by atoms with Crippen molar-refractivity contribution in [2.75, 3.05) is 11.9 Å². The second-order valence-electron chi connectivity index (χ2n) is 5.48. The van der Waals surface area contributed by atoms with Crippen LogP contribution in [0.25, 0.3) is 0 Å². The molecule has 1 saturated carbocycles. The first-order chi connectivity index (χ1) is 10.3. The minimum atomic E-state index is -3.79. The van der Waals surface area contributed by atoms with E-state index >= 15 is 0 Å². The van der Waals surface area contributed by atoms with Crippen molar-refractivity contribution in [3.05, 3.63) is 24.0 Å². The molecule has 2 atom stereocenters. The number of rotatable bonds is 5. The van der Waals surface area contributed by atoms with E-state index in [0.29, 0.717) is 6.54 Å². The highest BCUT2D eigenvalue weighted by Gasteiger charge is 2.30. The smallest absolute Gasteiger partial charge is 0.240 e. The Bertz CT molecular complexity index is 669. The number of benzene rings is 1. The van der Waals surface area contributed by atoms with Crippen molar-refractivity contribution in [1.82, 2.24) is 4.72 Å². The van der Waals surface area contributed by atoms with Gasteiger partial charge in [0, 0.05) is 13.0 Å². The van der Waals surface area contributed by atoms with Crippen LogP contribution in [-0.4, -0.2) is 26.9 Å². The summed E-state index contributed by atoms with van der Waals surface area (Å²) in [6, 6.07) is 3.11. The lowest BCUT2D eigenvalue weighted by molar-refractivity contribution is -0.114. The molecule has 23 heavy (non-hydrogen) atoms. The number of nitrogens with one attached hydrogen (secondary N) is 2. The second-order valence-corrected chi connectivity index (χ2v) is 7.19. The molecule has 0 radical (unpaired) electrons. The van der Waals surface area contributed by atoms with Crippen LogP contribution in [0.3, 0.4) is 0 Å². The van der Waals surface area contributed by atoms with E-state index in [4.69, 9.17) is 5.73 Å². The summed E-state index contributed by atoms with van der Waals surface area (Å²) in [7, 11) is -3.79. The summed E-state index contributed by atoms with van der Waals surface area (Å²) >= 11 is 0. The predicted molar refractivity (Wildman–Crippen MR) is 88.5 cm³/mol. The highest BCUT2D eigenvalue weighted by molar-refractivity contribution is 7.89. The Hall–Kier alpha value is -1.22. The lowest BCUT2D eigenvalue weighted by Crippen LogP contribution is -2.39. The zero-order chi connectivity index (χ0) is 16.3. The average Bonchev–Trinajstić information content (AvgIpc) is 2.87. The van der Waals surface area contributed by atoms with E-state index in [-0.39, 0.29) is 34.9 Å². The van der Waals surface area contributed by atoms with Gasteiger partial charge in [0.15, 0.2) is 0 Å².